The zero-order valence-electron chi connectivity index (χ0n) is 15.4. The van der Waals surface area contributed by atoms with Gasteiger partial charge in [0.2, 0.25) is 0 Å². The second-order valence-corrected chi connectivity index (χ2v) is 6.02. The lowest BCUT2D eigenvalue weighted by molar-refractivity contribution is 0.102. The maximum absolute atomic E-state index is 12.9. The summed E-state index contributed by atoms with van der Waals surface area (Å²) in [5.41, 5.74) is 1.02. The van der Waals surface area contributed by atoms with E-state index in [1.807, 2.05) is 56.3 Å². The highest BCUT2D eigenvalue weighted by Crippen LogP contribution is 2.25. The first-order valence-corrected chi connectivity index (χ1v) is 8.99. The fourth-order valence-electron chi connectivity index (χ4n) is 2.91. The predicted octanol–water partition coefficient (Wildman–Crippen LogP) is 4.93. The molecule has 0 radical (unpaired) electrons. The van der Waals surface area contributed by atoms with Crippen LogP contribution in [0.4, 0.5) is 10.5 Å². The van der Waals surface area contributed by atoms with Gasteiger partial charge in [-0.3, -0.25) is 4.79 Å². The summed E-state index contributed by atoms with van der Waals surface area (Å²) in [4.78, 5) is 26.7. The zero-order valence-corrected chi connectivity index (χ0v) is 15.4. The van der Waals surface area contributed by atoms with Crippen molar-refractivity contribution >= 4 is 28.5 Å². The van der Waals surface area contributed by atoms with E-state index in [0.717, 1.165) is 10.8 Å². The lowest BCUT2D eigenvalue weighted by atomic mass is 10.1. The van der Waals surface area contributed by atoms with Gasteiger partial charge in [0.25, 0.3) is 5.91 Å². The molecule has 0 spiro atoms. The van der Waals surface area contributed by atoms with Crippen molar-refractivity contribution in [1.29, 1.82) is 0 Å². The van der Waals surface area contributed by atoms with Gasteiger partial charge >= 0.3 is 6.09 Å². The molecule has 0 fully saturated rings. The highest BCUT2D eigenvalue weighted by atomic mass is 16.6. The minimum atomic E-state index is -0.467. The number of hydrogen-bond acceptors (Lipinski definition) is 3. The van der Waals surface area contributed by atoms with E-state index in [1.165, 1.54) is 0 Å². The second-order valence-electron chi connectivity index (χ2n) is 6.02. The number of anilines is 1. The third-order valence-corrected chi connectivity index (χ3v) is 4.39. The van der Waals surface area contributed by atoms with E-state index in [4.69, 9.17) is 4.74 Å². The summed E-state index contributed by atoms with van der Waals surface area (Å²) < 4.78 is 5.46. The predicted molar refractivity (Wildman–Crippen MR) is 107 cm³/mol. The standard InChI is InChI=1S/C22H22N2O3/c1-3-24(4-2)22(26)27-20-15-8-7-13-18(20)21(25)23-19-14-9-11-16-10-5-6-12-17(16)19/h5-15H,3-4H2,1-2H3,(H,23,25). The summed E-state index contributed by atoms with van der Waals surface area (Å²) in [6.07, 6.45) is -0.467. The van der Waals surface area contributed by atoms with Gasteiger partial charge in [-0.1, -0.05) is 48.5 Å². The summed E-state index contributed by atoms with van der Waals surface area (Å²) in [5, 5.41) is 4.92. The molecule has 0 heterocycles. The second kappa shape index (κ2) is 8.36. The number of para-hydroxylation sites is 1. The molecule has 0 atom stereocenters. The van der Waals surface area contributed by atoms with E-state index < -0.39 is 6.09 Å². The van der Waals surface area contributed by atoms with Gasteiger partial charge in [0.15, 0.2) is 0 Å². The van der Waals surface area contributed by atoms with E-state index in [-0.39, 0.29) is 11.7 Å². The summed E-state index contributed by atoms with van der Waals surface area (Å²) in [6.45, 7) is 4.84. The highest BCUT2D eigenvalue weighted by molar-refractivity contribution is 6.10. The third-order valence-electron chi connectivity index (χ3n) is 4.39. The molecule has 0 aliphatic carbocycles. The highest BCUT2D eigenvalue weighted by Gasteiger charge is 2.18. The van der Waals surface area contributed by atoms with Gasteiger partial charge in [0.1, 0.15) is 5.75 Å². The normalized spacial score (nSPS) is 10.4. The molecule has 2 amide bonds. The SMILES string of the molecule is CCN(CC)C(=O)Oc1ccccc1C(=O)Nc1cccc2ccccc12. The Balaban J connectivity index is 1.86. The summed E-state index contributed by atoms with van der Waals surface area (Å²) in [6, 6.07) is 20.3. The van der Waals surface area contributed by atoms with E-state index in [0.29, 0.717) is 24.3 Å². The third kappa shape index (κ3) is 4.08. The smallest absolute Gasteiger partial charge is 0.409 e. The maximum atomic E-state index is 12.9. The summed E-state index contributed by atoms with van der Waals surface area (Å²) >= 11 is 0. The first-order chi connectivity index (χ1) is 13.1. The number of carbonyl (C=O) groups excluding carboxylic acids is 2. The molecule has 27 heavy (non-hydrogen) atoms. The summed E-state index contributed by atoms with van der Waals surface area (Å²) in [5.74, 6) is -0.0820. The van der Waals surface area contributed by atoms with Gasteiger partial charge in [0.05, 0.1) is 5.56 Å². The Morgan fingerprint density at radius 3 is 2.33 bits per heavy atom. The van der Waals surface area contributed by atoms with E-state index in [9.17, 15) is 9.59 Å². The van der Waals surface area contributed by atoms with Crippen LogP contribution in [0, 0.1) is 0 Å². The van der Waals surface area contributed by atoms with Crippen molar-refractivity contribution in [3.63, 3.8) is 0 Å². The number of nitrogens with zero attached hydrogens (tertiary/aromatic N) is 1. The first kappa shape index (κ1) is 18.5. The molecule has 138 valence electrons. The van der Waals surface area contributed by atoms with Crippen molar-refractivity contribution < 1.29 is 14.3 Å². The van der Waals surface area contributed by atoms with Crippen LogP contribution in [-0.2, 0) is 0 Å². The Kier molecular flexibility index (Phi) is 5.71. The molecule has 3 aromatic rings. The quantitative estimate of drug-likeness (QED) is 0.700. The maximum Gasteiger partial charge on any atom is 0.415 e. The first-order valence-electron chi connectivity index (χ1n) is 8.99. The Labute approximate surface area is 158 Å². The van der Waals surface area contributed by atoms with Crippen LogP contribution < -0.4 is 10.1 Å². The number of carbonyl (C=O) groups is 2. The number of amides is 2. The van der Waals surface area contributed by atoms with E-state index in [1.54, 1.807) is 29.2 Å². The fraction of sp³-hybridized carbons (Fsp3) is 0.182. The Hall–Kier alpha value is -3.34. The molecule has 3 rings (SSSR count). The van der Waals surface area contributed by atoms with Crippen LogP contribution in [0.1, 0.15) is 24.2 Å². The molecule has 1 N–H and O–H groups in total. The van der Waals surface area contributed by atoms with Gasteiger partial charge in [-0.2, -0.15) is 0 Å². The largest absolute Gasteiger partial charge is 0.415 e. The number of nitrogens with one attached hydrogen (secondary N) is 1. The van der Waals surface area contributed by atoms with Gasteiger partial charge < -0.3 is 15.0 Å². The van der Waals surface area contributed by atoms with Gasteiger partial charge in [-0.05, 0) is 37.4 Å². The fourth-order valence-corrected chi connectivity index (χ4v) is 2.91. The van der Waals surface area contributed by atoms with Crippen LogP contribution in [0.5, 0.6) is 5.75 Å². The van der Waals surface area contributed by atoms with Crippen LogP contribution in [0.15, 0.2) is 66.7 Å². The van der Waals surface area contributed by atoms with Crippen molar-refractivity contribution in [2.45, 2.75) is 13.8 Å². The zero-order chi connectivity index (χ0) is 19.2. The number of rotatable bonds is 5. The molecule has 0 saturated carbocycles. The molecule has 0 unspecified atom stereocenters. The van der Waals surface area contributed by atoms with Crippen LogP contribution in [0.3, 0.4) is 0 Å². The average Bonchev–Trinajstić information content (AvgIpc) is 2.69. The van der Waals surface area contributed by atoms with Crippen LogP contribution in [-0.4, -0.2) is 30.0 Å². The number of fused-ring (bicyclic) bond motifs is 1. The van der Waals surface area contributed by atoms with E-state index in [2.05, 4.69) is 5.32 Å². The topological polar surface area (TPSA) is 58.6 Å². The number of benzene rings is 3. The van der Waals surface area contributed by atoms with Crippen molar-refractivity contribution in [1.82, 2.24) is 4.90 Å². The Morgan fingerprint density at radius 2 is 1.56 bits per heavy atom. The molecular weight excluding hydrogens is 340 g/mol. The Morgan fingerprint density at radius 1 is 0.889 bits per heavy atom. The van der Waals surface area contributed by atoms with Crippen LogP contribution in [0.25, 0.3) is 10.8 Å². The van der Waals surface area contributed by atoms with Crippen molar-refractivity contribution in [3.8, 4) is 5.75 Å². The average molecular weight is 362 g/mol. The van der Waals surface area contributed by atoms with Gasteiger partial charge in [0, 0.05) is 24.2 Å². The monoisotopic (exact) mass is 362 g/mol. The minimum absolute atomic E-state index is 0.243. The minimum Gasteiger partial charge on any atom is -0.409 e. The molecule has 3 aromatic carbocycles. The number of hydrogen-bond donors (Lipinski definition) is 1. The van der Waals surface area contributed by atoms with Crippen LogP contribution >= 0.6 is 0 Å². The van der Waals surface area contributed by atoms with Gasteiger partial charge in [-0.25, -0.2) is 4.79 Å². The Bertz CT molecular complexity index is 959. The molecular formula is C22H22N2O3. The molecule has 0 saturated heterocycles. The summed E-state index contributed by atoms with van der Waals surface area (Å²) in [7, 11) is 0. The van der Waals surface area contributed by atoms with Crippen molar-refractivity contribution in [3.05, 3.63) is 72.3 Å². The lowest BCUT2D eigenvalue weighted by Crippen LogP contribution is -2.33. The number of ether oxygens (including phenoxy) is 1. The van der Waals surface area contributed by atoms with Gasteiger partial charge in [-0.15, -0.1) is 0 Å². The van der Waals surface area contributed by atoms with Crippen molar-refractivity contribution in [2.75, 3.05) is 18.4 Å². The molecule has 5 nitrogen and oxygen atoms in total. The van der Waals surface area contributed by atoms with Crippen LogP contribution in [0.2, 0.25) is 0 Å². The molecule has 0 aromatic heterocycles. The molecule has 5 heteroatoms. The molecule has 0 aliphatic rings. The molecule has 0 bridgehead atoms. The lowest BCUT2D eigenvalue weighted by Gasteiger charge is -2.19. The van der Waals surface area contributed by atoms with Crippen molar-refractivity contribution in [2.24, 2.45) is 0 Å². The van der Waals surface area contributed by atoms with E-state index >= 15 is 0 Å². The molecule has 0 aliphatic heterocycles.